The molecule has 4 nitrogen and oxygen atoms in total. The van der Waals surface area contributed by atoms with Crippen LogP contribution in [0.4, 0.5) is 4.79 Å². The molecule has 0 aliphatic rings. The Labute approximate surface area is 122 Å². The fourth-order valence-electron chi connectivity index (χ4n) is 1.57. The summed E-state index contributed by atoms with van der Waals surface area (Å²) in [6, 6.07) is 4.09. The molecule has 0 radical (unpaired) electrons. The quantitative estimate of drug-likeness (QED) is 0.879. The van der Waals surface area contributed by atoms with Crippen LogP contribution in [0.5, 0.6) is 0 Å². The highest BCUT2D eigenvalue weighted by molar-refractivity contribution is 6.35. The van der Waals surface area contributed by atoms with Gasteiger partial charge in [0.2, 0.25) is 0 Å². The van der Waals surface area contributed by atoms with E-state index in [0.717, 1.165) is 5.56 Å². The highest BCUT2D eigenvalue weighted by Crippen LogP contribution is 2.22. The van der Waals surface area contributed by atoms with Crippen molar-refractivity contribution in [3.8, 4) is 0 Å². The van der Waals surface area contributed by atoms with Crippen molar-refractivity contribution in [1.29, 1.82) is 0 Å². The van der Waals surface area contributed by atoms with Gasteiger partial charge in [0.1, 0.15) is 0 Å². The Kier molecular flexibility index (Phi) is 6.12. The van der Waals surface area contributed by atoms with E-state index in [2.05, 4.69) is 10.6 Å². The highest BCUT2D eigenvalue weighted by Gasteiger charge is 2.18. The van der Waals surface area contributed by atoms with E-state index in [9.17, 15) is 9.59 Å². The van der Waals surface area contributed by atoms with Crippen molar-refractivity contribution in [2.24, 2.45) is 0 Å². The minimum atomic E-state index is -0.606. The first-order valence-electron chi connectivity index (χ1n) is 5.92. The van der Waals surface area contributed by atoms with Crippen molar-refractivity contribution in [2.75, 3.05) is 6.54 Å². The molecule has 0 fully saturated rings. The van der Waals surface area contributed by atoms with Gasteiger partial charge in [0, 0.05) is 23.0 Å². The molecule has 0 aliphatic carbocycles. The fraction of sp³-hybridized carbons (Fsp3) is 0.385. The lowest BCUT2D eigenvalue weighted by Crippen LogP contribution is -2.46. The third-order valence-electron chi connectivity index (χ3n) is 2.57. The van der Waals surface area contributed by atoms with Gasteiger partial charge in [-0.1, -0.05) is 29.3 Å². The van der Waals surface area contributed by atoms with Crippen LogP contribution in [0, 0.1) is 0 Å². The van der Waals surface area contributed by atoms with Crippen molar-refractivity contribution in [1.82, 2.24) is 10.6 Å². The first-order chi connectivity index (χ1) is 8.93. The number of Topliss-reactive ketones (excluding diaryl/α,β-unsaturated/α-hetero) is 1. The molecular weight excluding hydrogens is 287 g/mol. The van der Waals surface area contributed by atoms with Gasteiger partial charge >= 0.3 is 6.03 Å². The summed E-state index contributed by atoms with van der Waals surface area (Å²) in [6.45, 7) is 3.73. The monoisotopic (exact) mass is 302 g/mol. The van der Waals surface area contributed by atoms with Crippen LogP contribution in [-0.4, -0.2) is 24.4 Å². The molecule has 104 valence electrons. The Morgan fingerprint density at radius 2 is 2.00 bits per heavy atom. The third-order valence-corrected chi connectivity index (χ3v) is 3.16. The summed E-state index contributed by atoms with van der Waals surface area (Å²) in [6.07, 6.45) is 0.336. The van der Waals surface area contributed by atoms with Crippen LogP contribution in [0.1, 0.15) is 19.4 Å². The molecule has 0 spiro atoms. The number of nitrogens with one attached hydrogen (secondary N) is 2. The summed E-state index contributed by atoms with van der Waals surface area (Å²) in [5.74, 6) is -0.128. The molecular formula is C13H16Cl2N2O2. The maximum absolute atomic E-state index is 11.6. The molecule has 0 aliphatic heterocycles. The zero-order valence-electron chi connectivity index (χ0n) is 10.8. The van der Waals surface area contributed by atoms with E-state index in [-0.39, 0.29) is 11.8 Å². The summed E-state index contributed by atoms with van der Waals surface area (Å²) in [7, 11) is 0. The largest absolute Gasteiger partial charge is 0.338 e. The first-order valence-corrected chi connectivity index (χ1v) is 6.68. The number of amides is 2. The van der Waals surface area contributed by atoms with Crippen LogP contribution in [0.3, 0.4) is 0 Å². The molecule has 0 saturated heterocycles. The van der Waals surface area contributed by atoms with Crippen LogP contribution in [0.25, 0.3) is 0 Å². The molecule has 0 aromatic heterocycles. The molecule has 1 rings (SSSR count). The van der Waals surface area contributed by atoms with Crippen molar-refractivity contribution in [2.45, 2.75) is 26.3 Å². The number of urea groups is 1. The molecule has 0 unspecified atom stereocenters. The van der Waals surface area contributed by atoms with E-state index in [4.69, 9.17) is 23.2 Å². The smallest absolute Gasteiger partial charge is 0.315 e. The topological polar surface area (TPSA) is 58.2 Å². The van der Waals surface area contributed by atoms with Gasteiger partial charge in [-0.3, -0.25) is 4.79 Å². The van der Waals surface area contributed by atoms with Crippen LogP contribution in [0.2, 0.25) is 10.0 Å². The number of benzene rings is 1. The predicted molar refractivity (Wildman–Crippen MR) is 76.8 cm³/mol. The summed E-state index contributed by atoms with van der Waals surface area (Å²) >= 11 is 11.9. The Morgan fingerprint density at radius 1 is 1.32 bits per heavy atom. The number of carbonyl (C=O) groups excluding carboxylic acids is 2. The molecule has 1 aromatic rings. The Bertz CT molecular complexity index is 478. The lowest BCUT2D eigenvalue weighted by atomic mass is 10.0. The molecule has 1 atom stereocenters. The van der Waals surface area contributed by atoms with E-state index < -0.39 is 6.04 Å². The lowest BCUT2D eigenvalue weighted by molar-refractivity contribution is -0.118. The lowest BCUT2D eigenvalue weighted by Gasteiger charge is -2.17. The van der Waals surface area contributed by atoms with E-state index in [1.165, 1.54) is 6.92 Å². The van der Waals surface area contributed by atoms with E-state index >= 15 is 0 Å². The maximum atomic E-state index is 11.6. The van der Waals surface area contributed by atoms with E-state index in [1.807, 2.05) is 0 Å². The van der Waals surface area contributed by atoms with Crippen molar-refractivity contribution >= 4 is 35.0 Å². The zero-order valence-corrected chi connectivity index (χ0v) is 12.3. The number of rotatable bonds is 5. The Balaban J connectivity index is 2.78. The van der Waals surface area contributed by atoms with Gasteiger partial charge < -0.3 is 10.6 Å². The SMILES string of the molecule is CCNC(=O)N[C@H](Cc1ccc(Cl)cc1Cl)C(C)=O. The molecule has 19 heavy (non-hydrogen) atoms. The van der Waals surface area contributed by atoms with Crippen LogP contribution in [-0.2, 0) is 11.2 Å². The number of hydrogen-bond donors (Lipinski definition) is 2. The van der Waals surface area contributed by atoms with Crippen molar-refractivity contribution in [3.05, 3.63) is 33.8 Å². The average Bonchev–Trinajstić information content (AvgIpc) is 2.31. The molecule has 6 heteroatoms. The second-order valence-corrected chi connectivity index (χ2v) is 4.95. The molecule has 1 aromatic carbocycles. The molecule has 0 heterocycles. The van der Waals surface area contributed by atoms with Crippen LogP contribution >= 0.6 is 23.2 Å². The Hall–Kier alpha value is -1.26. The van der Waals surface area contributed by atoms with Crippen molar-refractivity contribution in [3.63, 3.8) is 0 Å². The van der Waals surface area contributed by atoms with Gasteiger partial charge in [0.25, 0.3) is 0 Å². The minimum Gasteiger partial charge on any atom is -0.338 e. The van der Waals surface area contributed by atoms with Crippen LogP contribution < -0.4 is 10.6 Å². The summed E-state index contributed by atoms with van der Waals surface area (Å²) in [5.41, 5.74) is 0.767. The number of ketones is 1. The number of halogens is 2. The first kappa shape index (κ1) is 15.8. The van der Waals surface area contributed by atoms with Gasteiger partial charge in [-0.15, -0.1) is 0 Å². The van der Waals surface area contributed by atoms with Crippen molar-refractivity contribution < 1.29 is 9.59 Å². The van der Waals surface area contributed by atoms with Crippen LogP contribution in [0.15, 0.2) is 18.2 Å². The second-order valence-electron chi connectivity index (χ2n) is 4.11. The maximum Gasteiger partial charge on any atom is 0.315 e. The minimum absolute atomic E-state index is 0.128. The standard InChI is InChI=1S/C13H16Cl2N2O2/c1-3-16-13(19)17-12(8(2)18)6-9-4-5-10(14)7-11(9)15/h4-5,7,12H,3,6H2,1-2H3,(H2,16,17,19)/t12-/m1/s1. The fourth-order valence-corrected chi connectivity index (χ4v) is 2.06. The predicted octanol–water partition coefficient (Wildman–Crippen LogP) is 2.81. The van der Waals surface area contributed by atoms with Gasteiger partial charge in [0.15, 0.2) is 5.78 Å². The molecule has 2 N–H and O–H groups in total. The third kappa shape index (κ3) is 5.09. The van der Waals surface area contributed by atoms with Gasteiger partial charge in [-0.25, -0.2) is 4.79 Å². The van der Waals surface area contributed by atoms with Gasteiger partial charge in [-0.2, -0.15) is 0 Å². The summed E-state index contributed by atoms with van der Waals surface area (Å²) in [4.78, 5) is 23.0. The number of hydrogen-bond acceptors (Lipinski definition) is 2. The molecule has 0 bridgehead atoms. The Morgan fingerprint density at radius 3 is 2.53 bits per heavy atom. The summed E-state index contributed by atoms with van der Waals surface area (Å²) < 4.78 is 0. The second kappa shape index (κ2) is 7.36. The summed E-state index contributed by atoms with van der Waals surface area (Å²) in [5, 5.41) is 6.22. The van der Waals surface area contributed by atoms with E-state index in [0.29, 0.717) is 23.0 Å². The van der Waals surface area contributed by atoms with Gasteiger partial charge in [0.05, 0.1) is 6.04 Å². The molecule has 0 saturated carbocycles. The highest BCUT2D eigenvalue weighted by atomic mass is 35.5. The molecule has 2 amide bonds. The average molecular weight is 303 g/mol. The number of carbonyl (C=O) groups is 2. The van der Waals surface area contributed by atoms with E-state index in [1.54, 1.807) is 25.1 Å². The normalized spacial score (nSPS) is 11.8. The zero-order chi connectivity index (χ0) is 14.4. The van der Waals surface area contributed by atoms with Gasteiger partial charge in [-0.05, 0) is 31.5 Å².